The smallest absolute Gasteiger partial charge is 0.251 e. The van der Waals surface area contributed by atoms with E-state index in [4.69, 9.17) is 9.47 Å². The van der Waals surface area contributed by atoms with Crippen LogP contribution in [-0.2, 0) is 6.61 Å². The van der Waals surface area contributed by atoms with Gasteiger partial charge in [0, 0.05) is 16.6 Å². The van der Waals surface area contributed by atoms with Crippen LogP contribution in [0.2, 0.25) is 0 Å². The normalized spacial score (nSPS) is 11.7. The Kier molecular flexibility index (Phi) is 6.66. The van der Waals surface area contributed by atoms with E-state index in [0.29, 0.717) is 23.7 Å². The van der Waals surface area contributed by atoms with E-state index in [9.17, 15) is 4.79 Å². The highest BCUT2D eigenvalue weighted by Crippen LogP contribution is 2.29. The summed E-state index contributed by atoms with van der Waals surface area (Å²) in [7, 11) is 1.57. The molecule has 146 valence electrons. The second-order valence-electron chi connectivity index (χ2n) is 6.40. The van der Waals surface area contributed by atoms with Gasteiger partial charge in [0.15, 0.2) is 11.5 Å². The molecule has 1 amide bonds. The summed E-state index contributed by atoms with van der Waals surface area (Å²) >= 11 is 1.56. The number of carbonyl (C=O) groups excluding carboxylic acids is 1. The Morgan fingerprint density at radius 2 is 1.96 bits per heavy atom. The van der Waals surface area contributed by atoms with Crippen molar-refractivity contribution in [2.24, 2.45) is 0 Å². The molecule has 0 bridgehead atoms. The number of ether oxygens (including phenoxy) is 2. The number of thiazole rings is 1. The maximum absolute atomic E-state index is 12.7. The van der Waals surface area contributed by atoms with Gasteiger partial charge >= 0.3 is 0 Å². The monoisotopic (exact) mass is 396 g/mol. The number of methoxy groups -OCH3 is 1. The standard InChI is InChI=1S/C22H24N2O3S/c1-4-18(22-23-15(2)14-28-22)24-21(25)17-10-11-19(20(12-17)26-3)27-13-16-8-6-5-7-9-16/h5-12,14,18H,4,13H2,1-3H3,(H,24,25). The number of aryl methyl sites for hydroxylation is 1. The molecule has 0 saturated heterocycles. The number of carbonyl (C=O) groups is 1. The van der Waals surface area contributed by atoms with Gasteiger partial charge in [0.25, 0.3) is 5.91 Å². The van der Waals surface area contributed by atoms with Crippen LogP contribution in [-0.4, -0.2) is 18.0 Å². The molecule has 1 aromatic heterocycles. The fourth-order valence-corrected chi connectivity index (χ4v) is 3.71. The summed E-state index contributed by atoms with van der Waals surface area (Å²) in [5.74, 6) is 0.972. The highest BCUT2D eigenvalue weighted by atomic mass is 32.1. The number of hydrogen-bond donors (Lipinski definition) is 1. The Hall–Kier alpha value is -2.86. The van der Waals surface area contributed by atoms with Crippen LogP contribution in [0.4, 0.5) is 0 Å². The predicted molar refractivity (Wildman–Crippen MR) is 111 cm³/mol. The third kappa shape index (κ3) is 4.89. The van der Waals surface area contributed by atoms with Gasteiger partial charge in [0.1, 0.15) is 11.6 Å². The Morgan fingerprint density at radius 3 is 2.61 bits per heavy atom. The van der Waals surface area contributed by atoms with Crippen molar-refractivity contribution in [3.8, 4) is 11.5 Å². The van der Waals surface area contributed by atoms with Gasteiger partial charge < -0.3 is 14.8 Å². The average molecular weight is 397 g/mol. The minimum atomic E-state index is -0.160. The fraction of sp³-hybridized carbons (Fsp3) is 0.273. The molecular formula is C22H24N2O3S. The molecule has 0 spiro atoms. The summed E-state index contributed by atoms with van der Waals surface area (Å²) in [6, 6.07) is 15.0. The van der Waals surface area contributed by atoms with Gasteiger partial charge in [-0.2, -0.15) is 0 Å². The van der Waals surface area contributed by atoms with Gasteiger partial charge in [-0.15, -0.1) is 11.3 Å². The number of nitrogens with zero attached hydrogens (tertiary/aromatic N) is 1. The van der Waals surface area contributed by atoms with Crippen LogP contribution in [0.3, 0.4) is 0 Å². The summed E-state index contributed by atoms with van der Waals surface area (Å²) in [5, 5.41) is 5.97. The third-order valence-corrected chi connectivity index (χ3v) is 5.39. The summed E-state index contributed by atoms with van der Waals surface area (Å²) in [6.07, 6.45) is 0.772. The lowest BCUT2D eigenvalue weighted by atomic mass is 10.1. The first kappa shape index (κ1) is 19.9. The van der Waals surface area contributed by atoms with Crippen LogP contribution in [0.5, 0.6) is 11.5 Å². The van der Waals surface area contributed by atoms with E-state index in [1.807, 2.05) is 49.6 Å². The number of rotatable bonds is 8. The van der Waals surface area contributed by atoms with Crippen LogP contribution in [0.1, 0.15) is 46.0 Å². The molecular weight excluding hydrogens is 372 g/mol. The van der Waals surface area contributed by atoms with Crippen molar-refractivity contribution in [3.05, 3.63) is 75.7 Å². The van der Waals surface area contributed by atoms with Crippen molar-refractivity contribution in [1.82, 2.24) is 10.3 Å². The molecule has 0 fully saturated rings. The average Bonchev–Trinajstić information content (AvgIpc) is 3.17. The van der Waals surface area contributed by atoms with E-state index >= 15 is 0 Å². The zero-order valence-electron chi connectivity index (χ0n) is 16.3. The first-order valence-electron chi connectivity index (χ1n) is 9.18. The molecule has 1 atom stereocenters. The second-order valence-corrected chi connectivity index (χ2v) is 7.29. The minimum Gasteiger partial charge on any atom is -0.493 e. The molecule has 0 aliphatic carbocycles. The SMILES string of the molecule is CCC(NC(=O)c1ccc(OCc2ccccc2)c(OC)c1)c1nc(C)cs1. The number of hydrogen-bond acceptors (Lipinski definition) is 5. The fourth-order valence-electron chi connectivity index (χ4n) is 2.78. The molecule has 5 nitrogen and oxygen atoms in total. The highest BCUT2D eigenvalue weighted by Gasteiger charge is 2.18. The number of aromatic nitrogens is 1. The van der Waals surface area contributed by atoms with Gasteiger partial charge in [-0.1, -0.05) is 37.3 Å². The molecule has 0 radical (unpaired) electrons. The summed E-state index contributed by atoms with van der Waals surface area (Å²) < 4.78 is 11.3. The molecule has 0 aliphatic rings. The first-order chi connectivity index (χ1) is 13.6. The van der Waals surface area contributed by atoms with Crippen molar-refractivity contribution < 1.29 is 14.3 Å². The summed E-state index contributed by atoms with van der Waals surface area (Å²) in [4.78, 5) is 17.2. The van der Waals surface area contributed by atoms with E-state index in [1.54, 1.807) is 36.6 Å². The Labute approximate surface area is 169 Å². The van der Waals surface area contributed by atoms with E-state index in [0.717, 1.165) is 22.7 Å². The van der Waals surface area contributed by atoms with Crippen molar-refractivity contribution in [2.75, 3.05) is 7.11 Å². The van der Waals surface area contributed by atoms with E-state index in [1.165, 1.54) is 0 Å². The van der Waals surface area contributed by atoms with Gasteiger partial charge in [0.2, 0.25) is 0 Å². The Bertz CT molecular complexity index is 925. The molecule has 0 aliphatic heterocycles. The molecule has 3 aromatic rings. The maximum Gasteiger partial charge on any atom is 0.251 e. The Morgan fingerprint density at radius 1 is 1.18 bits per heavy atom. The maximum atomic E-state index is 12.7. The van der Waals surface area contributed by atoms with Crippen LogP contribution in [0, 0.1) is 6.92 Å². The third-order valence-electron chi connectivity index (χ3n) is 4.31. The van der Waals surface area contributed by atoms with E-state index in [2.05, 4.69) is 10.3 Å². The lowest BCUT2D eigenvalue weighted by Gasteiger charge is -2.16. The zero-order chi connectivity index (χ0) is 19.9. The minimum absolute atomic E-state index is 0.105. The van der Waals surface area contributed by atoms with Crippen LogP contribution in [0.15, 0.2) is 53.9 Å². The number of nitrogens with one attached hydrogen (secondary N) is 1. The van der Waals surface area contributed by atoms with E-state index in [-0.39, 0.29) is 11.9 Å². The second kappa shape index (κ2) is 9.37. The molecule has 6 heteroatoms. The van der Waals surface area contributed by atoms with Gasteiger partial charge in [-0.3, -0.25) is 4.79 Å². The van der Waals surface area contributed by atoms with Crippen molar-refractivity contribution >= 4 is 17.2 Å². The van der Waals surface area contributed by atoms with Gasteiger partial charge in [-0.05, 0) is 37.1 Å². The number of amides is 1. The largest absolute Gasteiger partial charge is 0.493 e. The van der Waals surface area contributed by atoms with Crippen molar-refractivity contribution in [2.45, 2.75) is 32.9 Å². The van der Waals surface area contributed by atoms with Gasteiger partial charge in [0.05, 0.1) is 13.2 Å². The Balaban J connectivity index is 1.70. The molecule has 28 heavy (non-hydrogen) atoms. The summed E-state index contributed by atoms with van der Waals surface area (Å²) in [5.41, 5.74) is 2.56. The lowest BCUT2D eigenvalue weighted by Crippen LogP contribution is -2.28. The molecule has 1 heterocycles. The quantitative estimate of drug-likeness (QED) is 0.587. The zero-order valence-corrected chi connectivity index (χ0v) is 17.1. The van der Waals surface area contributed by atoms with Crippen LogP contribution >= 0.6 is 11.3 Å². The lowest BCUT2D eigenvalue weighted by molar-refractivity contribution is 0.0935. The molecule has 1 unspecified atom stereocenters. The first-order valence-corrected chi connectivity index (χ1v) is 10.1. The van der Waals surface area contributed by atoms with Crippen molar-refractivity contribution in [1.29, 1.82) is 0 Å². The van der Waals surface area contributed by atoms with Gasteiger partial charge in [-0.25, -0.2) is 4.98 Å². The van der Waals surface area contributed by atoms with Crippen LogP contribution in [0.25, 0.3) is 0 Å². The van der Waals surface area contributed by atoms with Crippen LogP contribution < -0.4 is 14.8 Å². The molecule has 1 N–H and O–H groups in total. The van der Waals surface area contributed by atoms with Crippen molar-refractivity contribution in [3.63, 3.8) is 0 Å². The molecule has 2 aromatic carbocycles. The number of benzene rings is 2. The summed E-state index contributed by atoms with van der Waals surface area (Å²) in [6.45, 7) is 4.42. The molecule has 0 saturated carbocycles. The highest BCUT2D eigenvalue weighted by molar-refractivity contribution is 7.09. The predicted octanol–water partition coefficient (Wildman–Crippen LogP) is 4.92. The topological polar surface area (TPSA) is 60.5 Å². The molecule has 3 rings (SSSR count). The van der Waals surface area contributed by atoms with E-state index < -0.39 is 0 Å².